The third-order valence-electron chi connectivity index (χ3n) is 7.89. The van der Waals surface area contributed by atoms with Crippen LogP contribution >= 0.6 is 0 Å². The molecular weight excluding hydrogens is 452 g/mol. The molecule has 1 aliphatic heterocycles. The summed E-state index contributed by atoms with van der Waals surface area (Å²) in [5, 5.41) is 0. The van der Waals surface area contributed by atoms with Gasteiger partial charge in [0.2, 0.25) is 5.91 Å². The van der Waals surface area contributed by atoms with Crippen LogP contribution in [-0.2, 0) is 4.79 Å². The predicted octanol–water partition coefficient (Wildman–Crippen LogP) is 8.04. The van der Waals surface area contributed by atoms with Crippen LogP contribution in [0.15, 0.2) is 36.0 Å². The van der Waals surface area contributed by atoms with Crippen molar-refractivity contribution in [1.82, 2.24) is 9.80 Å². The average molecular weight is 509 g/mol. The Bertz CT molecular complexity index is 832. The number of hydrogen-bond acceptors (Lipinski definition) is 2. The average Bonchev–Trinajstić information content (AvgIpc) is 3.34. The molecule has 1 saturated carbocycles. The summed E-state index contributed by atoms with van der Waals surface area (Å²) in [7, 11) is 2.07. The van der Waals surface area contributed by atoms with Gasteiger partial charge in [-0.3, -0.25) is 4.79 Å². The van der Waals surface area contributed by atoms with Crippen molar-refractivity contribution in [1.29, 1.82) is 0 Å². The highest BCUT2D eigenvalue weighted by Crippen LogP contribution is 2.29. The summed E-state index contributed by atoms with van der Waals surface area (Å²) < 4.78 is 0. The summed E-state index contributed by atoms with van der Waals surface area (Å²) in [6.45, 7) is 16.9. The molecule has 3 rings (SSSR count). The van der Waals surface area contributed by atoms with Crippen LogP contribution in [0.3, 0.4) is 0 Å². The van der Waals surface area contributed by atoms with Crippen LogP contribution in [0.5, 0.6) is 0 Å². The molecule has 3 heteroatoms. The number of allylic oxidation sites excluding steroid dienone is 6. The highest BCUT2D eigenvalue weighted by atomic mass is 16.2. The first-order valence-corrected chi connectivity index (χ1v) is 15.1. The SMILES string of the molecule is CC(C)(C)C#CC1=CCC=CC=C1.CC(C)CCN1CCCC(N(C)C(=O)C2CCC[C@H](C)CC2)CC1. The van der Waals surface area contributed by atoms with Crippen LogP contribution in [-0.4, -0.2) is 48.4 Å². The Labute approximate surface area is 229 Å². The minimum absolute atomic E-state index is 0.0917. The van der Waals surface area contributed by atoms with Gasteiger partial charge >= 0.3 is 0 Å². The van der Waals surface area contributed by atoms with Gasteiger partial charge in [0.05, 0.1) is 0 Å². The van der Waals surface area contributed by atoms with E-state index in [0.29, 0.717) is 17.9 Å². The van der Waals surface area contributed by atoms with Crippen molar-refractivity contribution >= 4 is 5.91 Å². The Morgan fingerprint density at radius 3 is 2.57 bits per heavy atom. The zero-order valence-electron chi connectivity index (χ0n) is 25.2. The Morgan fingerprint density at radius 2 is 1.84 bits per heavy atom. The fourth-order valence-corrected chi connectivity index (χ4v) is 5.32. The van der Waals surface area contributed by atoms with Gasteiger partial charge in [-0.15, -0.1) is 0 Å². The normalized spacial score (nSPS) is 25.0. The first-order valence-electron chi connectivity index (χ1n) is 15.1. The van der Waals surface area contributed by atoms with Crippen molar-refractivity contribution in [3.8, 4) is 11.8 Å². The lowest BCUT2D eigenvalue weighted by molar-refractivity contribution is -0.137. The van der Waals surface area contributed by atoms with E-state index in [-0.39, 0.29) is 5.41 Å². The number of hydrogen-bond donors (Lipinski definition) is 0. The number of rotatable bonds is 5. The molecule has 0 aromatic carbocycles. The van der Waals surface area contributed by atoms with Gasteiger partial charge in [-0.25, -0.2) is 0 Å². The minimum Gasteiger partial charge on any atom is -0.342 e. The van der Waals surface area contributed by atoms with E-state index in [4.69, 9.17) is 0 Å². The third-order valence-corrected chi connectivity index (χ3v) is 7.89. The number of carbonyl (C=O) groups is 1. The summed E-state index contributed by atoms with van der Waals surface area (Å²) in [6, 6.07) is 0.460. The number of amides is 1. The van der Waals surface area contributed by atoms with Crippen LogP contribution in [0.4, 0.5) is 0 Å². The molecule has 37 heavy (non-hydrogen) atoms. The summed E-state index contributed by atoms with van der Waals surface area (Å²) in [5.41, 5.74) is 1.22. The first-order chi connectivity index (χ1) is 17.5. The lowest BCUT2D eigenvalue weighted by Crippen LogP contribution is -2.41. The van der Waals surface area contributed by atoms with Crippen LogP contribution in [0.2, 0.25) is 0 Å². The first kappa shape index (κ1) is 31.4. The molecule has 3 aliphatic rings. The number of likely N-dealkylation sites (tertiary alicyclic amines) is 1. The van der Waals surface area contributed by atoms with Gasteiger partial charge in [0.15, 0.2) is 0 Å². The van der Waals surface area contributed by atoms with E-state index in [0.717, 1.165) is 49.6 Å². The molecule has 0 spiro atoms. The van der Waals surface area contributed by atoms with Crippen molar-refractivity contribution < 1.29 is 4.79 Å². The van der Waals surface area contributed by atoms with Gasteiger partial charge in [-0.2, -0.15) is 0 Å². The number of nitrogens with zero attached hydrogens (tertiary/aromatic N) is 2. The van der Waals surface area contributed by atoms with E-state index in [2.05, 4.69) is 94.5 Å². The number of carbonyl (C=O) groups excluding carboxylic acids is 1. The molecule has 2 aliphatic carbocycles. The summed E-state index contributed by atoms with van der Waals surface area (Å²) in [6.07, 6.45) is 22.3. The van der Waals surface area contributed by atoms with E-state index in [9.17, 15) is 4.79 Å². The monoisotopic (exact) mass is 508 g/mol. The minimum atomic E-state index is 0.0917. The largest absolute Gasteiger partial charge is 0.342 e. The molecule has 1 amide bonds. The summed E-state index contributed by atoms with van der Waals surface area (Å²) >= 11 is 0. The van der Waals surface area contributed by atoms with Crippen molar-refractivity contribution in [2.24, 2.45) is 23.2 Å². The van der Waals surface area contributed by atoms with Gasteiger partial charge in [-0.05, 0) is 103 Å². The Hall–Kier alpha value is -1.79. The second-order valence-electron chi connectivity index (χ2n) is 13.1. The quantitative estimate of drug-likeness (QED) is 0.277. The molecule has 2 unspecified atom stereocenters. The second kappa shape index (κ2) is 16.2. The molecule has 2 fully saturated rings. The van der Waals surface area contributed by atoms with Crippen LogP contribution < -0.4 is 0 Å². The van der Waals surface area contributed by atoms with Crippen LogP contribution in [0, 0.1) is 35.0 Å². The fourth-order valence-electron chi connectivity index (χ4n) is 5.32. The van der Waals surface area contributed by atoms with Gasteiger partial charge in [0, 0.05) is 36.5 Å². The molecule has 1 saturated heterocycles. The van der Waals surface area contributed by atoms with Crippen LogP contribution in [0.25, 0.3) is 0 Å². The molecule has 0 aromatic heterocycles. The summed E-state index contributed by atoms with van der Waals surface area (Å²) in [4.78, 5) is 17.7. The van der Waals surface area contributed by atoms with Crippen molar-refractivity contribution in [2.45, 2.75) is 112 Å². The lowest BCUT2D eigenvalue weighted by Gasteiger charge is -2.30. The maximum atomic E-state index is 13.0. The second-order valence-corrected chi connectivity index (χ2v) is 13.1. The smallest absolute Gasteiger partial charge is 0.225 e. The maximum Gasteiger partial charge on any atom is 0.225 e. The molecule has 0 aromatic rings. The van der Waals surface area contributed by atoms with Crippen molar-refractivity contribution in [3.05, 3.63) is 36.0 Å². The molecule has 0 bridgehead atoms. The van der Waals surface area contributed by atoms with E-state index in [1.165, 1.54) is 51.6 Å². The Balaban J connectivity index is 0.000000312. The maximum absolute atomic E-state index is 13.0. The Morgan fingerprint density at radius 1 is 1.05 bits per heavy atom. The Kier molecular flexibility index (Phi) is 13.8. The highest BCUT2D eigenvalue weighted by molar-refractivity contribution is 5.78. The zero-order valence-corrected chi connectivity index (χ0v) is 25.2. The van der Waals surface area contributed by atoms with E-state index < -0.39 is 0 Å². The van der Waals surface area contributed by atoms with E-state index in [1.54, 1.807) is 0 Å². The lowest BCUT2D eigenvalue weighted by atomic mass is 9.96. The molecule has 0 N–H and O–H groups in total. The molecule has 208 valence electrons. The van der Waals surface area contributed by atoms with Gasteiger partial charge in [0.25, 0.3) is 0 Å². The predicted molar refractivity (Wildman–Crippen MR) is 160 cm³/mol. The molecule has 0 radical (unpaired) electrons. The molecule has 3 nitrogen and oxygen atoms in total. The zero-order chi connectivity index (χ0) is 27.3. The van der Waals surface area contributed by atoms with Crippen molar-refractivity contribution in [3.63, 3.8) is 0 Å². The standard InChI is InChI=1S/C21H40N2O.C13H16/c1-17(2)12-15-23-14-6-9-20(13-16-23)22(4)21(24)19-8-5-7-18(3)10-11-19;1-13(2,3)11-10-12-8-6-4-5-7-9-12/h17-20H,5-16H2,1-4H3;4-6,8-9H,7H2,1-3H3/t18-,19?,20?;/m0./s1. The van der Waals surface area contributed by atoms with Gasteiger partial charge < -0.3 is 9.80 Å². The van der Waals surface area contributed by atoms with Crippen molar-refractivity contribution in [2.75, 3.05) is 26.7 Å². The fraction of sp³-hybridized carbons (Fsp3) is 0.735. The summed E-state index contributed by atoms with van der Waals surface area (Å²) in [5.74, 6) is 8.72. The molecule has 1 heterocycles. The van der Waals surface area contributed by atoms with Gasteiger partial charge in [-0.1, -0.05) is 69.8 Å². The third kappa shape index (κ3) is 13.0. The highest BCUT2D eigenvalue weighted by Gasteiger charge is 2.29. The van der Waals surface area contributed by atoms with E-state index in [1.807, 2.05) is 6.08 Å². The van der Waals surface area contributed by atoms with Gasteiger partial charge in [0.1, 0.15) is 0 Å². The molecular formula is C34H56N2O. The molecule has 3 atom stereocenters. The van der Waals surface area contributed by atoms with E-state index >= 15 is 0 Å². The topological polar surface area (TPSA) is 23.6 Å². The van der Waals surface area contributed by atoms with Crippen LogP contribution in [0.1, 0.15) is 106 Å².